The van der Waals surface area contributed by atoms with Gasteiger partial charge in [0.25, 0.3) is 0 Å². The molecule has 1 aromatic rings. The predicted octanol–water partition coefficient (Wildman–Crippen LogP) is 0.839. The summed E-state index contributed by atoms with van der Waals surface area (Å²) in [6, 6.07) is 0.797. The maximum Gasteiger partial charge on any atom is 0.0640 e. The summed E-state index contributed by atoms with van der Waals surface area (Å²) >= 11 is 0. The Morgan fingerprint density at radius 2 is 2.10 bits per heavy atom. The van der Waals surface area contributed by atoms with Crippen LogP contribution in [0.25, 0.3) is 0 Å². The summed E-state index contributed by atoms with van der Waals surface area (Å²) in [5.74, 6) is 0.851. The van der Waals surface area contributed by atoms with Crippen molar-refractivity contribution in [2.45, 2.75) is 44.8 Å². The zero-order valence-electron chi connectivity index (χ0n) is 12.2. The van der Waals surface area contributed by atoms with E-state index in [0.717, 1.165) is 18.5 Å². The Morgan fingerprint density at radius 3 is 2.80 bits per heavy atom. The second-order valence-corrected chi connectivity index (χ2v) is 6.19. The highest BCUT2D eigenvalue weighted by Gasteiger charge is 2.31. The normalized spacial score (nSPS) is 20.7. The summed E-state index contributed by atoms with van der Waals surface area (Å²) in [4.78, 5) is 2.65. The summed E-state index contributed by atoms with van der Waals surface area (Å²) in [6.45, 7) is 5.35. The third kappa shape index (κ3) is 3.81. The van der Waals surface area contributed by atoms with Crippen molar-refractivity contribution in [3.63, 3.8) is 0 Å². The van der Waals surface area contributed by atoms with Gasteiger partial charge < -0.3 is 10.4 Å². The van der Waals surface area contributed by atoms with Crippen molar-refractivity contribution >= 4 is 0 Å². The van der Waals surface area contributed by atoms with Gasteiger partial charge in [0.05, 0.1) is 19.3 Å². The summed E-state index contributed by atoms with van der Waals surface area (Å²) in [5.41, 5.74) is 1.28. The fourth-order valence-corrected chi connectivity index (χ4v) is 3.13. The molecule has 3 rings (SSSR count). The van der Waals surface area contributed by atoms with Gasteiger partial charge in [0.15, 0.2) is 0 Å². The van der Waals surface area contributed by atoms with Crippen molar-refractivity contribution in [2.75, 3.05) is 26.2 Å². The second-order valence-electron chi connectivity index (χ2n) is 6.19. The number of aromatic nitrogens is 2. The third-order valence-corrected chi connectivity index (χ3v) is 4.42. The van der Waals surface area contributed by atoms with Crippen LogP contribution in [0.3, 0.4) is 0 Å². The number of rotatable bonds is 7. The highest BCUT2D eigenvalue weighted by molar-refractivity contribution is 5.05. The minimum Gasteiger partial charge on any atom is -0.394 e. The number of aliphatic hydroxyl groups excluding tert-OH is 1. The zero-order chi connectivity index (χ0) is 13.8. The van der Waals surface area contributed by atoms with Crippen LogP contribution in [0.15, 0.2) is 12.4 Å². The van der Waals surface area contributed by atoms with E-state index in [0.29, 0.717) is 6.54 Å². The Morgan fingerprint density at radius 1 is 1.30 bits per heavy atom. The first-order valence-corrected chi connectivity index (χ1v) is 7.92. The zero-order valence-corrected chi connectivity index (χ0v) is 12.2. The van der Waals surface area contributed by atoms with E-state index in [4.69, 9.17) is 5.11 Å². The molecule has 2 aliphatic rings. The lowest BCUT2D eigenvalue weighted by Crippen LogP contribution is -2.36. The highest BCUT2D eigenvalue weighted by atomic mass is 16.3. The van der Waals surface area contributed by atoms with E-state index in [2.05, 4.69) is 21.5 Å². The minimum absolute atomic E-state index is 0.155. The Labute approximate surface area is 121 Å². The molecule has 2 fully saturated rings. The fourth-order valence-electron chi connectivity index (χ4n) is 3.13. The first-order chi connectivity index (χ1) is 9.85. The first-order valence-electron chi connectivity index (χ1n) is 7.92. The molecule has 0 unspecified atom stereocenters. The summed E-state index contributed by atoms with van der Waals surface area (Å²) in [5, 5.41) is 16.7. The fraction of sp³-hybridized carbons (Fsp3) is 0.800. The van der Waals surface area contributed by atoms with Gasteiger partial charge >= 0.3 is 0 Å². The molecule has 5 nitrogen and oxygen atoms in total. The first kappa shape index (κ1) is 14.0. The lowest BCUT2D eigenvalue weighted by molar-refractivity contribution is 0.190. The molecule has 2 N–H and O–H groups in total. The molecule has 0 aromatic carbocycles. The third-order valence-electron chi connectivity index (χ3n) is 4.42. The van der Waals surface area contributed by atoms with Crippen molar-refractivity contribution in [3.8, 4) is 0 Å². The smallest absolute Gasteiger partial charge is 0.0640 e. The van der Waals surface area contributed by atoms with E-state index in [-0.39, 0.29) is 6.61 Å². The van der Waals surface area contributed by atoms with Crippen LogP contribution in [0.5, 0.6) is 0 Å². The number of nitrogens with one attached hydrogen (secondary N) is 1. The molecule has 0 bridgehead atoms. The van der Waals surface area contributed by atoms with Crippen LogP contribution >= 0.6 is 0 Å². The van der Waals surface area contributed by atoms with Gasteiger partial charge in [-0.1, -0.05) is 0 Å². The second kappa shape index (κ2) is 6.70. The highest BCUT2D eigenvalue weighted by Crippen LogP contribution is 2.30. The molecule has 20 heavy (non-hydrogen) atoms. The molecular weight excluding hydrogens is 252 g/mol. The number of nitrogens with zero attached hydrogens (tertiary/aromatic N) is 3. The Hall–Kier alpha value is -0.910. The summed E-state index contributed by atoms with van der Waals surface area (Å²) < 4.78 is 1.84. The van der Waals surface area contributed by atoms with Crippen molar-refractivity contribution in [3.05, 3.63) is 18.0 Å². The number of aliphatic hydroxyl groups is 1. The van der Waals surface area contributed by atoms with E-state index >= 15 is 0 Å². The molecule has 1 aromatic heterocycles. The van der Waals surface area contributed by atoms with Crippen molar-refractivity contribution < 1.29 is 5.11 Å². The van der Waals surface area contributed by atoms with Gasteiger partial charge in [0.2, 0.25) is 0 Å². The minimum atomic E-state index is 0.155. The molecule has 1 saturated heterocycles. The van der Waals surface area contributed by atoms with Gasteiger partial charge in [-0.2, -0.15) is 5.10 Å². The molecular formula is C15H26N4O. The van der Waals surface area contributed by atoms with E-state index in [1.807, 2.05) is 10.9 Å². The molecule has 112 valence electrons. The van der Waals surface area contributed by atoms with Crippen molar-refractivity contribution in [2.24, 2.45) is 5.92 Å². The number of hydrogen-bond acceptors (Lipinski definition) is 4. The van der Waals surface area contributed by atoms with Crippen LogP contribution in [0.2, 0.25) is 0 Å². The molecule has 1 aliphatic heterocycles. The maximum absolute atomic E-state index is 8.95. The Kier molecular flexibility index (Phi) is 4.70. The molecule has 2 heterocycles. The van der Waals surface area contributed by atoms with E-state index in [9.17, 15) is 0 Å². The quantitative estimate of drug-likeness (QED) is 0.776. The van der Waals surface area contributed by atoms with Gasteiger partial charge in [-0.25, -0.2) is 0 Å². The monoisotopic (exact) mass is 278 g/mol. The van der Waals surface area contributed by atoms with Crippen molar-refractivity contribution in [1.82, 2.24) is 20.0 Å². The average Bonchev–Trinajstić information content (AvgIpc) is 3.22. The van der Waals surface area contributed by atoms with Crippen molar-refractivity contribution in [1.29, 1.82) is 0 Å². The van der Waals surface area contributed by atoms with Crippen LogP contribution in [-0.2, 0) is 13.1 Å². The summed E-state index contributed by atoms with van der Waals surface area (Å²) in [6.07, 6.45) is 9.37. The van der Waals surface area contributed by atoms with Gasteiger partial charge in [0.1, 0.15) is 0 Å². The van der Waals surface area contributed by atoms with Crippen LogP contribution in [-0.4, -0.2) is 52.1 Å². The van der Waals surface area contributed by atoms with Crippen LogP contribution < -0.4 is 5.32 Å². The lowest BCUT2D eigenvalue weighted by Gasteiger charge is -2.29. The average molecular weight is 278 g/mol. The van der Waals surface area contributed by atoms with E-state index in [1.165, 1.54) is 50.9 Å². The molecule has 0 spiro atoms. The number of hydrogen-bond donors (Lipinski definition) is 2. The molecule has 0 amide bonds. The van der Waals surface area contributed by atoms with Crippen LogP contribution in [0.4, 0.5) is 0 Å². The SMILES string of the molecule is OCCn1cc(CN(CC2CCNCC2)C2CC2)cn1. The van der Waals surface area contributed by atoms with Crippen LogP contribution in [0, 0.1) is 5.92 Å². The lowest BCUT2D eigenvalue weighted by atomic mass is 9.97. The maximum atomic E-state index is 8.95. The van der Waals surface area contributed by atoms with Gasteiger partial charge in [0, 0.05) is 30.9 Å². The number of piperidine rings is 1. The topological polar surface area (TPSA) is 53.3 Å². The summed E-state index contributed by atoms with van der Waals surface area (Å²) in [7, 11) is 0. The molecule has 1 aliphatic carbocycles. The Balaban J connectivity index is 1.55. The largest absolute Gasteiger partial charge is 0.394 e. The Bertz CT molecular complexity index is 410. The van der Waals surface area contributed by atoms with Gasteiger partial charge in [-0.15, -0.1) is 0 Å². The molecule has 0 atom stereocenters. The predicted molar refractivity (Wildman–Crippen MR) is 78.3 cm³/mol. The van der Waals surface area contributed by atoms with Crippen LogP contribution in [0.1, 0.15) is 31.2 Å². The van der Waals surface area contributed by atoms with E-state index < -0.39 is 0 Å². The molecule has 0 radical (unpaired) electrons. The standard InChI is InChI=1S/C15H26N4O/c20-8-7-19-12-14(9-17-19)11-18(15-1-2-15)10-13-3-5-16-6-4-13/h9,12-13,15-16,20H,1-8,10-11H2. The molecule has 1 saturated carbocycles. The van der Waals surface area contributed by atoms with Gasteiger partial charge in [-0.05, 0) is 44.7 Å². The molecule has 5 heteroatoms. The van der Waals surface area contributed by atoms with Gasteiger partial charge in [-0.3, -0.25) is 9.58 Å². The van der Waals surface area contributed by atoms with E-state index in [1.54, 1.807) is 0 Å².